The molecule has 2 N–H and O–H groups in total. The van der Waals surface area contributed by atoms with Gasteiger partial charge in [-0.2, -0.15) is 0 Å². The van der Waals surface area contributed by atoms with Crippen LogP contribution < -0.4 is 5.73 Å². The Labute approximate surface area is 82.8 Å². The van der Waals surface area contributed by atoms with Crippen molar-refractivity contribution in [1.82, 2.24) is 0 Å². The van der Waals surface area contributed by atoms with Gasteiger partial charge < -0.3 is 10.5 Å². The monoisotopic (exact) mass is 197 g/mol. The van der Waals surface area contributed by atoms with E-state index >= 15 is 0 Å². The Morgan fingerprint density at radius 3 is 2.29 bits per heavy atom. The van der Waals surface area contributed by atoms with Crippen LogP contribution >= 0.6 is 0 Å². The van der Waals surface area contributed by atoms with Gasteiger partial charge in [0, 0.05) is 0 Å². The fourth-order valence-corrected chi connectivity index (χ4v) is 3.18. The van der Waals surface area contributed by atoms with Crippen LogP contribution in [0.4, 0.5) is 0 Å². The van der Waals surface area contributed by atoms with E-state index < -0.39 is 0 Å². The molecule has 2 aliphatic carbocycles. The first-order valence-electron chi connectivity index (χ1n) is 5.02. The second-order valence-corrected chi connectivity index (χ2v) is 4.31. The Bertz CT molecular complexity index is 277. The Hall–Kier alpha value is -1.06. The molecular formula is C10H15NO3. The third-order valence-electron chi connectivity index (χ3n) is 3.72. The molecule has 2 saturated carbocycles. The summed E-state index contributed by atoms with van der Waals surface area (Å²) in [5.41, 5.74) is 5.32. The summed E-state index contributed by atoms with van der Waals surface area (Å²) in [5, 5.41) is 0. The van der Waals surface area contributed by atoms with Gasteiger partial charge in [0.05, 0.1) is 18.9 Å². The summed E-state index contributed by atoms with van der Waals surface area (Å²) in [6.45, 7) is 0. The average Bonchev–Trinajstić information content (AvgIpc) is 2.74. The molecule has 2 bridgehead atoms. The maximum Gasteiger partial charge on any atom is 0.309 e. The standard InChI is InChI=1S/C10H15NO3/c1-14-10(13)8-6-3-2-5(4-6)7(8)9(11)12/h5-8H,2-4H2,1H3,(H2,11,12). The molecule has 2 fully saturated rings. The van der Waals surface area contributed by atoms with Gasteiger partial charge in [0.25, 0.3) is 0 Å². The highest BCUT2D eigenvalue weighted by Gasteiger charge is 2.53. The molecular weight excluding hydrogens is 182 g/mol. The van der Waals surface area contributed by atoms with Crippen LogP contribution in [0.25, 0.3) is 0 Å². The van der Waals surface area contributed by atoms with Crippen LogP contribution in [0.1, 0.15) is 19.3 Å². The molecule has 4 unspecified atom stereocenters. The van der Waals surface area contributed by atoms with Crippen LogP contribution in [0.3, 0.4) is 0 Å². The SMILES string of the molecule is COC(=O)C1C2CCC(C2)C1C(N)=O. The quantitative estimate of drug-likeness (QED) is 0.647. The second-order valence-electron chi connectivity index (χ2n) is 4.31. The Balaban J connectivity index is 2.21. The number of primary amides is 1. The molecule has 2 rings (SSSR count). The first-order valence-corrected chi connectivity index (χ1v) is 5.02. The number of amides is 1. The number of ether oxygens (including phenoxy) is 1. The number of hydrogen-bond acceptors (Lipinski definition) is 3. The van der Waals surface area contributed by atoms with E-state index in [-0.39, 0.29) is 23.7 Å². The van der Waals surface area contributed by atoms with Gasteiger partial charge in [-0.3, -0.25) is 9.59 Å². The van der Waals surface area contributed by atoms with Crippen LogP contribution in [0.15, 0.2) is 0 Å². The van der Waals surface area contributed by atoms with Gasteiger partial charge in [-0.1, -0.05) is 0 Å². The minimum Gasteiger partial charge on any atom is -0.469 e. The van der Waals surface area contributed by atoms with Gasteiger partial charge in [0.15, 0.2) is 0 Å². The Morgan fingerprint density at radius 2 is 1.79 bits per heavy atom. The van der Waals surface area contributed by atoms with Crippen molar-refractivity contribution >= 4 is 11.9 Å². The summed E-state index contributed by atoms with van der Waals surface area (Å²) in [6.07, 6.45) is 3.04. The molecule has 4 heteroatoms. The van der Waals surface area contributed by atoms with Crippen molar-refractivity contribution in [3.05, 3.63) is 0 Å². The highest BCUT2D eigenvalue weighted by atomic mass is 16.5. The van der Waals surface area contributed by atoms with Crippen LogP contribution in [-0.2, 0) is 14.3 Å². The predicted octanol–water partition coefficient (Wildman–Crippen LogP) is 0.307. The van der Waals surface area contributed by atoms with Gasteiger partial charge in [0.2, 0.25) is 5.91 Å². The van der Waals surface area contributed by atoms with Crippen molar-refractivity contribution in [2.75, 3.05) is 7.11 Å². The molecule has 0 spiro atoms. The minimum atomic E-state index is -0.340. The zero-order valence-corrected chi connectivity index (χ0v) is 8.23. The van der Waals surface area contributed by atoms with E-state index in [1.165, 1.54) is 7.11 Å². The van der Waals surface area contributed by atoms with Crippen molar-refractivity contribution < 1.29 is 14.3 Å². The molecule has 0 aromatic heterocycles. The number of hydrogen-bond donors (Lipinski definition) is 1. The van der Waals surface area contributed by atoms with E-state index in [2.05, 4.69) is 0 Å². The number of nitrogens with two attached hydrogens (primary N) is 1. The second kappa shape index (κ2) is 3.26. The largest absolute Gasteiger partial charge is 0.469 e. The van der Waals surface area contributed by atoms with E-state index in [4.69, 9.17) is 10.5 Å². The summed E-state index contributed by atoms with van der Waals surface area (Å²) >= 11 is 0. The third kappa shape index (κ3) is 1.21. The molecule has 0 saturated heterocycles. The number of fused-ring (bicyclic) bond motifs is 2. The minimum absolute atomic E-state index is 0.263. The zero-order valence-electron chi connectivity index (χ0n) is 8.23. The third-order valence-corrected chi connectivity index (χ3v) is 3.72. The summed E-state index contributed by atoms with van der Waals surface area (Å²) in [5.74, 6) is -0.502. The molecule has 14 heavy (non-hydrogen) atoms. The van der Waals surface area contributed by atoms with E-state index in [9.17, 15) is 9.59 Å². The highest BCUT2D eigenvalue weighted by Crippen LogP contribution is 2.52. The van der Waals surface area contributed by atoms with Gasteiger partial charge in [-0.15, -0.1) is 0 Å². The van der Waals surface area contributed by atoms with E-state index in [1.54, 1.807) is 0 Å². The number of rotatable bonds is 2. The molecule has 0 aromatic carbocycles. The molecule has 78 valence electrons. The summed E-state index contributed by atoms with van der Waals surface area (Å²) < 4.78 is 4.72. The number of esters is 1. The normalized spacial score (nSPS) is 39.8. The lowest BCUT2D eigenvalue weighted by Crippen LogP contribution is -2.38. The lowest BCUT2D eigenvalue weighted by molar-refractivity contribution is -0.152. The fraction of sp³-hybridized carbons (Fsp3) is 0.800. The predicted molar refractivity (Wildman–Crippen MR) is 49.0 cm³/mol. The molecule has 4 nitrogen and oxygen atoms in total. The highest BCUT2D eigenvalue weighted by molar-refractivity contribution is 5.85. The average molecular weight is 197 g/mol. The van der Waals surface area contributed by atoms with Crippen LogP contribution in [0.5, 0.6) is 0 Å². The van der Waals surface area contributed by atoms with Crippen LogP contribution in [0.2, 0.25) is 0 Å². The lowest BCUT2D eigenvalue weighted by Gasteiger charge is -2.26. The van der Waals surface area contributed by atoms with Crippen molar-refractivity contribution in [1.29, 1.82) is 0 Å². The van der Waals surface area contributed by atoms with E-state index in [0.29, 0.717) is 11.8 Å². The van der Waals surface area contributed by atoms with E-state index in [1.807, 2.05) is 0 Å². The summed E-state index contributed by atoms with van der Waals surface area (Å²) in [7, 11) is 1.37. The smallest absolute Gasteiger partial charge is 0.309 e. The topological polar surface area (TPSA) is 69.4 Å². The fourth-order valence-electron chi connectivity index (χ4n) is 3.18. The Morgan fingerprint density at radius 1 is 1.21 bits per heavy atom. The first-order chi connectivity index (χ1) is 6.65. The molecule has 1 amide bonds. The van der Waals surface area contributed by atoms with Gasteiger partial charge in [0.1, 0.15) is 0 Å². The van der Waals surface area contributed by atoms with E-state index in [0.717, 1.165) is 19.3 Å². The van der Waals surface area contributed by atoms with Crippen LogP contribution in [-0.4, -0.2) is 19.0 Å². The number of carbonyl (C=O) groups excluding carboxylic acids is 2. The van der Waals surface area contributed by atoms with Crippen LogP contribution in [0, 0.1) is 23.7 Å². The molecule has 0 heterocycles. The maximum atomic E-state index is 11.5. The van der Waals surface area contributed by atoms with Crippen molar-refractivity contribution in [3.63, 3.8) is 0 Å². The number of carbonyl (C=O) groups is 2. The molecule has 2 aliphatic rings. The zero-order chi connectivity index (χ0) is 10.3. The number of methoxy groups -OCH3 is 1. The Kier molecular flexibility index (Phi) is 2.21. The van der Waals surface area contributed by atoms with Gasteiger partial charge >= 0.3 is 5.97 Å². The van der Waals surface area contributed by atoms with Gasteiger partial charge in [-0.05, 0) is 31.1 Å². The summed E-state index contributed by atoms with van der Waals surface area (Å²) in [4.78, 5) is 22.7. The first kappa shape index (κ1) is 9.49. The molecule has 0 aromatic rings. The van der Waals surface area contributed by atoms with Crippen molar-refractivity contribution in [2.45, 2.75) is 19.3 Å². The maximum absolute atomic E-state index is 11.5. The van der Waals surface area contributed by atoms with Crippen molar-refractivity contribution in [2.24, 2.45) is 29.4 Å². The summed E-state index contributed by atoms with van der Waals surface area (Å²) in [6, 6.07) is 0. The van der Waals surface area contributed by atoms with Gasteiger partial charge in [-0.25, -0.2) is 0 Å². The van der Waals surface area contributed by atoms with Crippen molar-refractivity contribution in [3.8, 4) is 0 Å². The molecule has 0 aliphatic heterocycles. The molecule has 4 atom stereocenters. The molecule has 0 radical (unpaired) electrons. The lowest BCUT2D eigenvalue weighted by atomic mass is 9.79.